The summed E-state index contributed by atoms with van der Waals surface area (Å²) in [5.41, 5.74) is 0.674. The van der Waals surface area contributed by atoms with Gasteiger partial charge in [-0.05, 0) is 62.0 Å². The summed E-state index contributed by atoms with van der Waals surface area (Å²) >= 11 is 0. The average Bonchev–Trinajstić information content (AvgIpc) is 3.54. The highest BCUT2D eigenvalue weighted by atomic mass is 32.2. The lowest BCUT2D eigenvalue weighted by atomic mass is 9.73. The molecule has 3 fully saturated rings. The summed E-state index contributed by atoms with van der Waals surface area (Å²) in [6, 6.07) is 2.76. The number of benzene rings is 1. The van der Waals surface area contributed by atoms with Crippen LogP contribution in [0.5, 0.6) is 5.75 Å². The van der Waals surface area contributed by atoms with E-state index in [1.165, 1.54) is 25.0 Å². The Labute approximate surface area is 172 Å². The van der Waals surface area contributed by atoms with Gasteiger partial charge in [0.1, 0.15) is 11.6 Å². The van der Waals surface area contributed by atoms with Crippen LogP contribution in [0.1, 0.15) is 87.1 Å². The molecule has 0 spiro atoms. The Bertz CT molecular complexity index is 898. The Balaban J connectivity index is 1.51. The normalized spacial score (nSPS) is 27.5. The molecule has 1 N–H and O–H groups in total. The third kappa shape index (κ3) is 4.76. The maximum atomic E-state index is 14.7. The van der Waals surface area contributed by atoms with Crippen molar-refractivity contribution in [3.05, 3.63) is 29.1 Å². The van der Waals surface area contributed by atoms with Gasteiger partial charge < -0.3 is 4.74 Å². The van der Waals surface area contributed by atoms with Crippen molar-refractivity contribution in [1.29, 1.82) is 0 Å². The van der Waals surface area contributed by atoms with Gasteiger partial charge in [-0.15, -0.1) is 0 Å². The Hall–Kier alpha value is -1.63. The van der Waals surface area contributed by atoms with E-state index in [0.717, 1.165) is 37.2 Å². The number of hydrogen-bond acceptors (Lipinski definition) is 4. The molecule has 0 aromatic heterocycles. The van der Waals surface area contributed by atoms with Gasteiger partial charge in [0, 0.05) is 11.5 Å². The summed E-state index contributed by atoms with van der Waals surface area (Å²) in [6.45, 7) is 5.02. The summed E-state index contributed by atoms with van der Waals surface area (Å²) < 4.78 is 46.9. The van der Waals surface area contributed by atoms with Crippen LogP contribution in [0, 0.1) is 17.2 Å². The van der Waals surface area contributed by atoms with Gasteiger partial charge in [-0.3, -0.25) is 4.79 Å². The van der Waals surface area contributed by atoms with Crippen molar-refractivity contribution in [2.45, 2.75) is 76.4 Å². The zero-order valence-corrected chi connectivity index (χ0v) is 18.0. The molecule has 3 aliphatic rings. The average molecular weight is 424 g/mol. The third-order valence-corrected chi connectivity index (χ3v) is 8.44. The highest BCUT2D eigenvalue weighted by molar-refractivity contribution is 7.91. The first kappa shape index (κ1) is 20.6. The summed E-state index contributed by atoms with van der Waals surface area (Å²) in [4.78, 5) is 12.4. The van der Waals surface area contributed by atoms with Crippen molar-refractivity contribution in [2.24, 2.45) is 11.3 Å². The van der Waals surface area contributed by atoms with Crippen LogP contribution < -0.4 is 9.46 Å². The Morgan fingerprint density at radius 3 is 2.41 bits per heavy atom. The number of ether oxygens (including phenoxy) is 1. The molecular weight excluding hydrogens is 393 g/mol. The van der Waals surface area contributed by atoms with Crippen molar-refractivity contribution in [2.75, 3.05) is 6.61 Å². The Morgan fingerprint density at radius 1 is 1.17 bits per heavy atom. The van der Waals surface area contributed by atoms with E-state index in [1.807, 2.05) is 4.72 Å². The lowest BCUT2D eigenvalue weighted by Crippen LogP contribution is -2.34. The van der Waals surface area contributed by atoms with E-state index >= 15 is 0 Å². The lowest BCUT2D eigenvalue weighted by Gasteiger charge is -2.36. The first-order valence-corrected chi connectivity index (χ1v) is 12.2. The fourth-order valence-electron chi connectivity index (χ4n) is 4.09. The van der Waals surface area contributed by atoms with Gasteiger partial charge in [0.2, 0.25) is 10.0 Å². The zero-order valence-electron chi connectivity index (χ0n) is 17.2. The highest BCUT2D eigenvalue weighted by Crippen LogP contribution is 2.46. The van der Waals surface area contributed by atoms with Crippen LogP contribution in [0.3, 0.4) is 0 Å². The molecule has 1 aromatic rings. The maximum absolute atomic E-state index is 14.7. The molecular formula is C22H30FNO4S. The number of nitrogens with one attached hydrogen (secondary N) is 1. The molecule has 0 bridgehead atoms. The van der Waals surface area contributed by atoms with Crippen molar-refractivity contribution >= 4 is 15.9 Å². The zero-order chi connectivity index (χ0) is 20.8. The molecule has 29 heavy (non-hydrogen) atoms. The number of rotatable bonds is 7. The monoisotopic (exact) mass is 423 g/mol. The maximum Gasteiger partial charge on any atom is 0.267 e. The second-order valence-corrected chi connectivity index (χ2v) is 11.6. The van der Waals surface area contributed by atoms with E-state index in [-0.39, 0.29) is 16.9 Å². The molecule has 0 heterocycles. The first-order valence-electron chi connectivity index (χ1n) is 10.7. The van der Waals surface area contributed by atoms with Crippen molar-refractivity contribution in [3.63, 3.8) is 0 Å². The summed E-state index contributed by atoms with van der Waals surface area (Å²) in [5, 5.41) is -0.529. The molecule has 160 valence electrons. The SMILES string of the molecule is CC1CCC(C)(COc2cc(F)c(C(=O)NS(=O)(=O)C3CC3)cc2C2CC2)CC1. The van der Waals surface area contributed by atoms with Crippen LogP contribution in [-0.2, 0) is 10.0 Å². The van der Waals surface area contributed by atoms with Crippen molar-refractivity contribution in [3.8, 4) is 5.75 Å². The van der Waals surface area contributed by atoms with E-state index in [4.69, 9.17) is 4.74 Å². The number of hydrogen-bond donors (Lipinski definition) is 1. The van der Waals surface area contributed by atoms with Gasteiger partial charge in [-0.25, -0.2) is 17.5 Å². The largest absolute Gasteiger partial charge is 0.493 e. The minimum Gasteiger partial charge on any atom is -0.493 e. The van der Waals surface area contributed by atoms with E-state index in [2.05, 4.69) is 13.8 Å². The fourth-order valence-corrected chi connectivity index (χ4v) is 5.38. The fraction of sp³-hybridized carbons (Fsp3) is 0.682. The van der Waals surface area contributed by atoms with Gasteiger partial charge in [0.05, 0.1) is 17.4 Å². The predicted molar refractivity (Wildman–Crippen MR) is 109 cm³/mol. The molecule has 7 heteroatoms. The van der Waals surface area contributed by atoms with Gasteiger partial charge >= 0.3 is 0 Å². The van der Waals surface area contributed by atoms with E-state index in [0.29, 0.717) is 25.2 Å². The molecule has 1 aromatic carbocycles. The van der Waals surface area contributed by atoms with Crippen molar-refractivity contribution in [1.82, 2.24) is 4.72 Å². The number of amides is 1. The smallest absolute Gasteiger partial charge is 0.267 e. The molecule has 5 nitrogen and oxygen atoms in total. The summed E-state index contributed by atoms with van der Waals surface area (Å²) in [7, 11) is -3.71. The van der Waals surface area contributed by atoms with Crippen LogP contribution >= 0.6 is 0 Å². The first-order chi connectivity index (χ1) is 13.7. The van der Waals surface area contributed by atoms with Gasteiger partial charge in [-0.2, -0.15) is 0 Å². The molecule has 3 saturated carbocycles. The minimum absolute atomic E-state index is 0.0815. The second-order valence-electron chi connectivity index (χ2n) is 9.60. The molecule has 0 radical (unpaired) electrons. The number of carbonyl (C=O) groups excluding carboxylic acids is 1. The molecule has 0 aliphatic heterocycles. The third-order valence-electron chi connectivity index (χ3n) is 6.62. The Kier molecular flexibility index (Phi) is 5.38. The highest BCUT2D eigenvalue weighted by Gasteiger charge is 2.38. The van der Waals surface area contributed by atoms with E-state index < -0.39 is 27.0 Å². The van der Waals surface area contributed by atoms with Crippen LogP contribution in [-0.4, -0.2) is 26.2 Å². The van der Waals surface area contributed by atoms with Crippen LogP contribution in [0.2, 0.25) is 0 Å². The molecule has 0 unspecified atom stereocenters. The number of carbonyl (C=O) groups is 1. The summed E-state index contributed by atoms with van der Waals surface area (Å²) in [5.74, 6) is -0.151. The molecule has 3 aliphatic carbocycles. The molecule has 4 rings (SSSR count). The van der Waals surface area contributed by atoms with Crippen molar-refractivity contribution < 1.29 is 22.3 Å². The second kappa shape index (κ2) is 7.56. The number of sulfonamides is 1. The molecule has 0 saturated heterocycles. The summed E-state index contributed by atoms with van der Waals surface area (Å²) in [6.07, 6.45) is 7.57. The Morgan fingerprint density at radius 2 is 1.83 bits per heavy atom. The van der Waals surface area contributed by atoms with E-state index in [9.17, 15) is 17.6 Å². The molecule has 0 atom stereocenters. The van der Waals surface area contributed by atoms with E-state index in [1.54, 1.807) is 0 Å². The van der Waals surface area contributed by atoms with Gasteiger partial charge in [0.25, 0.3) is 5.91 Å². The quantitative estimate of drug-likeness (QED) is 0.700. The van der Waals surface area contributed by atoms with Gasteiger partial charge in [-0.1, -0.05) is 26.7 Å². The predicted octanol–water partition coefficient (Wildman–Crippen LogP) is 4.52. The topological polar surface area (TPSA) is 72.5 Å². The van der Waals surface area contributed by atoms with Gasteiger partial charge in [0.15, 0.2) is 0 Å². The number of halogens is 1. The minimum atomic E-state index is -3.71. The standard InChI is InChI=1S/C22H30FNO4S/c1-14-7-9-22(2,10-8-14)13-28-20-12-19(23)18(11-17(20)15-3-4-15)21(25)24-29(26,27)16-5-6-16/h11-12,14-16H,3-10,13H2,1-2H3,(H,24,25). The molecule has 1 amide bonds. The van der Waals surface area contributed by atoms with Crippen LogP contribution in [0.4, 0.5) is 4.39 Å². The van der Waals surface area contributed by atoms with Crippen LogP contribution in [0.15, 0.2) is 12.1 Å². The lowest BCUT2D eigenvalue weighted by molar-refractivity contribution is 0.0963. The van der Waals surface area contributed by atoms with Crippen LogP contribution in [0.25, 0.3) is 0 Å².